The predicted octanol–water partition coefficient (Wildman–Crippen LogP) is 2.32. The molecule has 15 heavy (non-hydrogen) atoms. The maximum atomic E-state index is 10.6. The molecule has 6 nitrogen and oxygen atoms in total. The van der Waals surface area contributed by atoms with E-state index in [0.717, 1.165) is 0 Å². The molecule has 1 aromatic rings. The number of nitro benzene ring substituents is 1. The van der Waals surface area contributed by atoms with E-state index in [1.807, 2.05) is 0 Å². The van der Waals surface area contributed by atoms with Crippen LogP contribution in [0.15, 0.2) is 24.3 Å². The molecule has 0 amide bonds. The van der Waals surface area contributed by atoms with Crippen LogP contribution in [0.25, 0.3) is 0 Å². The number of rotatable bonds is 4. The van der Waals surface area contributed by atoms with Crippen molar-refractivity contribution >= 4 is 5.69 Å². The number of benzene rings is 1. The molecule has 0 spiro atoms. The largest absolute Gasteiger partial charge is 0.269 e. The van der Waals surface area contributed by atoms with Gasteiger partial charge < -0.3 is 0 Å². The van der Waals surface area contributed by atoms with E-state index in [1.54, 1.807) is 6.92 Å². The first-order valence-electron chi connectivity index (χ1n) is 4.44. The molecule has 0 saturated carbocycles. The zero-order chi connectivity index (χ0) is 11.4. The minimum atomic E-state index is -0.786. The molecule has 1 rings (SSSR count). The number of nitrogens with zero attached hydrogens (tertiary/aromatic N) is 2. The zero-order valence-corrected chi connectivity index (χ0v) is 8.12. The van der Waals surface area contributed by atoms with Crippen LogP contribution in [0.3, 0.4) is 0 Å². The molecule has 0 aromatic heterocycles. The molecule has 0 bridgehead atoms. The van der Waals surface area contributed by atoms with E-state index in [1.165, 1.54) is 24.3 Å². The lowest BCUT2D eigenvalue weighted by atomic mass is 10.1. The smallest absolute Gasteiger partial charge is 0.264 e. The molecule has 6 heteroatoms. The summed E-state index contributed by atoms with van der Waals surface area (Å²) in [6, 6.07) is 4.62. The van der Waals surface area contributed by atoms with Gasteiger partial charge in [0.05, 0.1) is 4.92 Å². The van der Waals surface area contributed by atoms with Gasteiger partial charge in [-0.25, -0.2) is 0 Å². The predicted molar refractivity (Wildman–Crippen MR) is 53.1 cm³/mol. The third-order valence-electron chi connectivity index (χ3n) is 2.13. The summed E-state index contributed by atoms with van der Waals surface area (Å²) >= 11 is 0. The SMILES string of the molecule is CCC(c1ccc([N+](=O)[O-])cc1)[N+](=O)[O-]. The second kappa shape index (κ2) is 4.50. The third kappa shape index (κ3) is 2.49. The van der Waals surface area contributed by atoms with Crippen molar-refractivity contribution in [2.75, 3.05) is 0 Å². The first-order valence-corrected chi connectivity index (χ1v) is 4.44. The molecular weight excluding hydrogens is 200 g/mol. The first-order chi connectivity index (χ1) is 7.06. The van der Waals surface area contributed by atoms with Gasteiger partial charge in [0.2, 0.25) is 6.04 Å². The Bertz CT molecular complexity index is 374. The molecule has 0 aliphatic heterocycles. The van der Waals surface area contributed by atoms with Crippen molar-refractivity contribution in [1.82, 2.24) is 0 Å². The molecule has 1 unspecified atom stereocenters. The summed E-state index contributed by atoms with van der Waals surface area (Å²) < 4.78 is 0. The molecule has 80 valence electrons. The van der Waals surface area contributed by atoms with E-state index >= 15 is 0 Å². The summed E-state index contributed by atoms with van der Waals surface area (Å²) in [5.74, 6) is 0. The van der Waals surface area contributed by atoms with Crippen LogP contribution in [0.2, 0.25) is 0 Å². The van der Waals surface area contributed by atoms with Crippen LogP contribution in [0.4, 0.5) is 5.69 Å². The fourth-order valence-corrected chi connectivity index (χ4v) is 1.32. The molecule has 1 atom stereocenters. The molecule has 0 saturated heterocycles. The topological polar surface area (TPSA) is 86.3 Å². The van der Waals surface area contributed by atoms with Gasteiger partial charge in [0.1, 0.15) is 0 Å². The van der Waals surface area contributed by atoms with Gasteiger partial charge in [0.25, 0.3) is 5.69 Å². The summed E-state index contributed by atoms with van der Waals surface area (Å²) in [4.78, 5) is 20.1. The van der Waals surface area contributed by atoms with Crippen molar-refractivity contribution < 1.29 is 9.85 Å². The van der Waals surface area contributed by atoms with Crippen LogP contribution < -0.4 is 0 Å². The maximum Gasteiger partial charge on any atom is 0.269 e. The Morgan fingerprint density at radius 3 is 2.07 bits per heavy atom. The van der Waals surface area contributed by atoms with E-state index in [2.05, 4.69) is 0 Å². The normalized spacial score (nSPS) is 12.1. The molecule has 0 radical (unpaired) electrons. The van der Waals surface area contributed by atoms with Crippen molar-refractivity contribution in [2.24, 2.45) is 0 Å². The second-order valence-electron chi connectivity index (χ2n) is 3.06. The lowest BCUT2D eigenvalue weighted by Crippen LogP contribution is -2.08. The highest BCUT2D eigenvalue weighted by molar-refractivity contribution is 5.33. The highest BCUT2D eigenvalue weighted by Crippen LogP contribution is 2.22. The number of nitro groups is 2. The monoisotopic (exact) mass is 210 g/mol. The lowest BCUT2D eigenvalue weighted by Gasteiger charge is -2.05. The standard InChI is InChI=1S/C9H10N2O4/c1-2-9(11(14)15)7-3-5-8(6-4-7)10(12)13/h3-6,9H,2H2,1H3. The van der Waals surface area contributed by atoms with Crippen molar-refractivity contribution in [3.8, 4) is 0 Å². The molecule has 0 heterocycles. The van der Waals surface area contributed by atoms with Gasteiger partial charge in [-0.1, -0.05) is 6.92 Å². The lowest BCUT2D eigenvalue weighted by molar-refractivity contribution is -0.529. The minimum absolute atomic E-state index is 0.0584. The van der Waals surface area contributed by atoms with Crippen molar-refractivity contribution in [2.45, 2.75) is 19.4 Å². The Balaban J connectivity index is 2.97. The Morgan fingerprint density at radius 2 is 1.73 bits per heavy atom. The first kappa shape index (κ1) is 11.1. The zero-order valence-electron chi connectivity index (χ0n) is 8.12. The Hall–Kier alpha value is -1.98. The van der Waals surface area contributed by atoms with Crippen LogP contribution in [-0.2, 0) is 0 Å². The Kier molecular flexibility index (Phi) is 3.33. The number of hydrogen-bond donors (Lipinski definition) is 0. The fourth-order valence-electron chi connectivity index (χ4n) is 1.32. The van der Waals surface area contributed by atoms with E-state index in [-0.39, 0.29) is 10.6 Å². The van der Waals surface area contributed by atoms with Gasteiger partial charge in [-0.3, -0.25) is 20.2 Å². The second-order valence-corrected chi connectivity index (χ2v) is 3.06. The summed E-state index contributed by atoms with van der Waals surface area (Å²) in [5, 5.41) is 21.0. The Morgan fingerprint density at radius 1 is 1.20 bits per heavy atom. The van der Waals surface area contributed by atoms with E-state index in [0.29, 0.717) is 12.0 Å². The highest BCUT2D eigenvalue weighted by Gasteiger charge is 2.20. The van der Waals surface area contributed by atoms with Gasteiger partial charge in [-0.05, 0) is 12.1 Å². The van der Waals surface area contributed by atoms with Crippen molar-refractivity contribution in [3.63, 3.8) is 0 Å². The van der Waals surface area contributed by atoms with Crippen molar-refractivity contribution in [3.05, 3.63) is 50.1 Å². The minimum Gasteiger partial charge on any atom is -0.264 e. The van der Waals surface area contributed by atoms with Gasteiger partial charge in [-0.2, -0.15) is 0 Å². The number of hydrogen-bond acceptors (Lipinski definition) is 4. The average molecular weight is 210 g/mol. The third-order valence-corrected chi connectivity index (χ3v) is 2.13. The molecule has 0 aliphatic carbocycles. The molecule has 0 fully saturated rings. The molecule has 1 aromatic carbocycles. The van der Waals surface area contributed by atoms with Crippen LogP contribution in [0.1, 0.15) is 24.9 Å². The Labute approximate surface area is 85.8 Å². The molecular formula is C9H10N2O4. The van der Waals surface area contributed by atoms with E-state index < -0.39 is 11.0 Å². The van der Waals surface area contributed by atoms with Crippen molar-refractivity contribution in [1.29, 1.82) is 0 Å². The van der Waals surface area contributed by atoms with Crippen LogP contribution >= 0.6 is 0 Å². The summed E-state index contributed by atoms with van der Waals surface area (Å²) in [6.07, 6.45) is 0.366. The average Bonchev–Trinajstić information content (AvgIpc) is 2.19. The summed E-state index contributed by atoms with van der Waals surface area (Å²) in [5.41, 5.74) is 0.435. The van der Waals surface area contributed by atoms with Gasteiger partial charge in [0.15, 0.2) is 0 Å². The summed E-state index contributed by atoms with van der Waals surface area (Å²) in [7, 11) is 0. The number of non-ortho nitro benzene ring substituents is 1. The quantitative estimate of drug-likeness (QED) is 0.563. The van der Waals surface area contributed by atoms with Gasteiger partial charge in [-0.15, -0.1) is 0 Å². The molecule has 0 N–H and O–H groups in total. The van der Waals surface area contributed by atoms with E-state index in [9.17, 15) is 20.2 Å². The van der Waals surface area contributed by atoms with Crippen LogP contribution in [0, 0.1) is 20.2 Å². The van der Waals surface area contributed by atoms with Gasteiger partial charge in [0, 0.05) is 29.0 Å². The molecule has 0 aliphatic rings. The highest BCUT2D eigenvalue weighted by atomic mass is 16.6. The fraction of sp³-hybridized carbons (Fsp3) is 0.333. The maximum absolute atomic E-state index is 10.6. The van der Waals surface area contributed by atoms with E-state index in [4.69, 9.17) is 0 Å². The van der Waals surface area contributed by atoms with Gasteiger partial charge >= 0.3 is 0 Å². The van der Waals surface area contributed by atoms with Crippen LogP contribution in [0.5, 0.6) is 0 Å². The van der Waals surface area contributed by atoms with Crippen LogP contribution in [-0.4, -0.2) is 9.85 Å². The summed E-state index contributed by atoms with van der Waals surface area (Å²) in [6.45, 7) is 1.70.